The van der Waals surface area contributed by atoms with E-state index in [1.165, 1.54) is 12.8 Å². The number of nitrogens with zero attached hydrogens (tertiary/aromatic N) is 2. The van der Waals surface area contributed by atoms with Crippen molar-refractivity contribution >= 4 is 17.4 Å². The molecule has 2 aliphatic rings. The molecule has 1 saturated heterocycles. The number of anilines is 1. The maximum atomic E-state index is 11.7. The normalized spacial score (nSPS) is 22.0. The molecule has 2 fully saturated rings. The van der Waals surface area contributed by atoms with Crippen molar-refractivity contribution in [1.82, 2.24) is 10.3 Å². The quantitative estimate of drug-likeness (QED) is 0.661. The number of aromatic nitrogens is 1. The number of hydrogen-bond donors (Lipinski definition) is 2. The van der Waals surface area contributed by atoms with E-state index in [9.17, 15) is 4.79 Å². The van der Waals surface area contributed by atoms with Gasteiger partial charge in [-0.15, -0.1) is 0 Å². The minimum absolute atomic E-state index is 0.0456. The van der Waals surface area contributed by atoms with Crippen LogP contribution in [0.4, 0.5) is 5.69 Å². The van der Waals surface area contributed by atoms with Crippen LogP contribution in [-0.4, -0.2) is 29.8 Å². The average Bonchev–Trinajstić information content (AvgIpc) is 3.32. The van der Waals surface area contributed by atoms with Gasteiger partial charge in [0.15, 0.2) is 5.84 Å². The zero-order valence-electron chi connectivity index (χ0n) is 12.4. The van der Waals surface area contributed by atoms with Crippen LogP contribution in [0.2, 0.25) is 0 Å². The zero-order chi connectivity index (χ0) is 14.8. The van der Waals surface area contributed by atoms with Crippen molar-refractivity contribution in [2.45, 2.75) is 32.6 Å². The molecule has 1 atom stereocenters. The topological polar surface area (TPSA) is 69.1 Å². The highest BCUT2D eigenvalue weighted by Gasteiger charge is 2.30. The van der Waals surface area contributed by atoms with Crippen molar-refractivity contribution < 1.29 is 4.79 Å². The number of pyridine rings is 1. The summed E-state index contributed by atoms with van der Waals surface area (Å²) >= 11 is 0. The van der Waals surface area contributed by atoms with Crippen LogP contribution in [-0.2, 0) is 4.79 Å². The van der Waals surface area contributed by atoms with E-state index >= 15 is 0 Å². The first-order valence-electron chi connectivity index (χ1n) is 7.74. The number of amides is 1. The zero-order valence-corrected chi connectivity index (χ0v) is 12.4. The fourth-order valence-corrected chi connectivity index (χ4v) is 2.78. The summed E-state index contributed by atoms with van der Waals surface area (Å²) in [6.45, 7) is 4.41. The van der Waals surface area contributed by atoms with Crippen molar-refractivity contribution in [2.24, 2.45) is 11.8 Å². The van der Waals surface area contributed by atoms with Gasteiger partial charge in [-0.1, -0.05) is 6.92 Å². The Kier molecular flexibility index (Phi) is 3.90. The van der Waals surface area contributed by atoms with Gasteiger partial charge in [0.25, 0.3) is 0 Å². The van der Waals surface area contributed by atoms with Gasteiger partial charge >= 0.3 is 0 Å². The lowest BCUT2D eigenvalue weighted by atomic mass is 10.00. The summed E-state index contributed by atoms with van der Waals surface area (Å²) in [4.78, 5) is 18.3. The van der Waals surface area contributed by atoms with Crippen LogP contribution in [0, 0.1) is 17.2 Å². The lowest BCUT2D eigenvalue weighted by Crippen LogP contribution is -2.34. The van der Waals surface area contributed by atoms with Gasteiger partial charge in [0.2, 0.25) is 5.91 Å². The molecule has 21 heavy (non-hydrogen) atoms. The SMILES string of the molecule is C[C@@H]1CCCN(c2ccc(C(=N)NC(=O)C3CC3)nc2)C1. The lowest BCUT2D eigenvalue weighted by molar-refractivity contribution is -0.120. The molecule has 1 aliphatic heterocycles. The largest absolute Gasteiger partial charge is 0.370 e. The summed E-state index contributed by atoms with van der Waals surface area (Å²) in [5.74, 6) is 0.884. The van der Waals surface area contributed by atoms with Crippen LogP contribution in [0.3, 0.4) is 0 Å². The van der Waals surface area contributed by atoms with Gasteiger partial charge in [-0.2, -0.15) is 0 Å². The Balaban J connectivity index is 1.62. The van der Waals surface area contributed by atoms with Crippen LogP contribution >= 0.6 is 0 Å². The number of amidine groups is 1. The van der Waals surface area contributed by atoms with Crippen LogP contribution in [0.1, 0.15) is 38.3 Å². The molecule has 0 aromatic carbocycles. The molecule has 0 unspecified atom stereocenters. The Morgan fingerprint density at radius 3 is 2.81 bits per heavy atom. The van der Waals surface area contributed by atoms with Crippen molar-refractivity contribution in [3.05, 3.63) is 24.0 Å². The van der Waals surface area contributed by atoms with E-state index in [1.54, 1.807) is 0 Å². The summed E-state index contributed by atoms with van der Waals surface area (Å²) in [5, 5.41) is 10.6. The predicted octanol–water partition coefficient (Wildman–Crippen LogP) is 2.17. The number of piperidine rings is 1. The summed E-state index contributed by atoms with van der Waals surface area (Å²) in [6.07, 6.45) is 6.21. The summed E-state index contributed by atoms with van der Waals surface area (Å²) in [7, 11) is 0. The van der Waals surface area contributed by atoms with E-state index < -0.39 is 0 Å². The second kappa shape index (κ2) is 5.84. The monoisotopic (exact) mass is 286 g/mol. The average molecular weight is 286 g/mol. The summed E-state index contributed by atoms with van der Waals surface area (Å²) in [5.41, 5.74) is 1.63. The Bertz CT molecular complexity index is 536. The molecular weight excluding hydrogens is 264 g/mol. The van der Waals surface area contributed by atoms with E-state index in [4.69, 9.17) is 5.41 Å². The third-order valence-corrected chi connectivity index (χ3v) is 4.22. The molecule has 2 N–H and O–H groups in total. The molecular formula is C16H22N4O. The standard InChI is InChI=1S/C16H22N4O/c1-11-3-2-8-20(10-11)13-6-7-14(18-9-13)15(17)19-16(21)12-4-5-12/h6-7,9,11-12H,2-5,8,10H2,1H3,(H2,17,19,21)/t11-/m1/s1. The highest BCUT2D eigenvalue weighted by Crippen LogP contribution is 2.28. The first kappa shape index (κ1) is 14.0. The van der Waals surface area contributed by atoms with Gasteiger partial charge < -0.3 is 10.2 Å². The van der Waals surface area contributed by atoms with Gasteiger partial charge in [0.05, 0.1) is 11.9 Å². The first-order valence-corrected chi connectivity index (χ1v) is 7.74. The number of carbonyl (C=O) groups excluding carboxylic acids is 1. The van der Waals surface area contributed by atoms with Gasteiger partial charge in [-0.25, -0.2) is 0 Å². The number of nitrogens with one attached hydrogen (secondary N) is 2. The molecule has 1 saturated carbocycles. The smallest absolute Gasteiger partial charge is 0.228 e. The van der Waals surface area contributed by atoms with Crippen LogP contribution in [0.5, 0.6) is 0 Å². The van der Waals surface area contributed by atoms with E-state index in [0.717, 1.165) is 37.5 Å². The molecule has 5 heteroatoms. The van der Waals surface area contributed by atoms with Crippen LogP contribution in [0.25, 0.3) is 0 Å². The van der Waals surface area contributed by atoms with Crippen molar-refractivity contribution in [1.29, 1.82) is 5.41 Å². The van der Waals surface area contributed by atoms with E-state index in [0.29, 0.717) is 5.69 Å². The van der Waals surface area contributed by atoms with E-state index in [-0.39, 0.29) is 17.7 Å². The van der Waals surface area contributed by atoms with Crippen molar-refractivity contribution in [3.63, 3.8) is 0 Å². The molecule has 112 valence electrons. The van der Waals surface area contributed by atoms with Gasteiger partial charge in [0, 0.05) is 19.0 Å². The molecule has 5 nitrogen and oxygen atoms in total. The second-order valence-electron chi connectivity index (χ2n) is 6.23. The van der Waals surface area contributed by atoms with Gasteiger partial charge in [-0.05, 0) is 43.7 Å². The second-order valence-corrected chi connectivity index (χ2v) is 6.23. The van der Waals surface area contributed by atoms with Gasteiger partial charge in [0.1, 0.15) is 5.69 Å². The van der Waals surface area contributed by atoms with E-state index in [2.05, 4.69) is 22.1 Å². The number of hydrogen-bond acceptors (Lipinski definition) is 4. The summed E-state index contributed by atoms with van der Waals surface area (Å²) in [6, 6.07) is 3.82. The molecule has 1 aliphatic carbocycles. The third-order valence-electron chi connectivity index (χ3n) is 4.22. The Morgan fingerprint density at radius 1 is 1.38 bits per heavy atom. The number of carbonyl (C=O) groups is 1. The fourth-order valence-electron chi connectivity index (χ4n) is 2.78. The Labute approximate surface area is 125 Å². The Morgan fingerprint density at radius 2 is 2.19 bits per heavy atom. The lowest BCUT2D eigenvalue weighted by Gasteiger charge is -2.32. The highest BCUT2D eigenvalue weighted by molar-refractivity contribution is 6.06. The van der Waals surface area contributed by atoms with Crippen LogP contribution in [0.15, 0.2) is 18.3 Å². The van der Waals surface area contributed by atoms with Crippen LogP contribution < -0.4 is 10.2 Å². The highest BCUT2D eigenvalue weighted by atomic mass is 16.2. The molecule has 0 spiro atoms. The minimum Gasteiger partial charge on any atom is -0.370 e. The third kappa shape index (κ3) is 3.40. The van der Waals surface area contributed by atoms with E-state index in [1.807, 2.05) is 18.3 Å². The fraction of sp³-hybridized carbons (Fsp3) is 0.562. The minimum atomic E-state index is -0.0456. The number of rotatable bonds is 3. The Hall–Kier alpha value is -1.91. The maximum Gasteiger partial charge on any atom is 0.228 e. The first-order chi connectivity index (χ1) is 10.1. The maximum absolute atomic E-state index is 11.7. The molecule has 1 aromatic rings. The molecule has 0 bridgehead atoms. The summed E-state index contributed by atoms with van der Waals surface area (Å²) < 4.78 is 0. The van der Waals surface area contributed by atoms with Crippen molar-refractivity contribution in [2.75, 3.05) is 18.0 Å². The van der Waals surface area contributed by atoms with Gasteiger partial charge in [-0.3, -0.25) is 15.2 Å². The molecule has 3 rings (SSSR count). The molecule has 0 radical (unpaired) electrons. The molecule has 1 amide bonds. The molecule has 1 aromatic heterocycles. The predicted molar refractivity (Wildman–Crippen MR) is 82.5 cm³/mol. The molecule has 2 heterocycles. The van der Waals surface area contributed by atoms with Crippen molar-refractivity contribution in [3.8, 4) is 0 Å².